The molecule has 1 aromatic carbocycles. The SMILES string of the molecule is CCOC(=O)c1c2c(C#N)sc(SCc3ccc(C)cc3)c2n2cc(C)cc(C)c12. The van der Waals surface area contributed by atoms with Crippen molar-refractivity contribution >= 4 is 45.5 Å². The number of aryl methyl sites for hydroxylation is 3. The first-order chi connectivity index (χ1) is 14.4. The summed E-state index contributed by atoms with van der Waals surface area (Å²) in [5, 5.41) is 10.5. The summed E-state index contributed by atoms with van der Waals surface area (Å²) >= 11 is 3.16. The van der Waals surface area contributed by atoms with Crippen LogP contribution in [0.5, 0.6) is 0 Å². The summed E-state index contributed by atoms with van der Waals surface area (Å²) < 4.78 is 8.48. The molecule has 0 spiro atoms. The van der Waals surface area contributed by atoms with Crippen molar-refractivity contribution in [3.8, 4) is 6.07 Å². The molecule has 0 aliphatic carbocycles. The number of carbonyl (C=O) groups excluding carboxylic acids is 1. The summed E-state index contributed by atoms with van der Waals surface area (Å²) in [6, 6.07) is 12.9. The molecule has 4 aromatic rings. The van der Waals surface area contributed by atoms with Gasteiger partial charge in [0.25, 0.3) is 0 Å². The molecule has 152 valence electrons. The topological polar surface area (TPSA) is 54.5 Å². The van der Waals surface area contributed by atoms with Gasteiger partial charge in [-0.25, -0.2) is 4.79 Å². The largest absolute Gasteiger partial charge is 0.462 e. The van der Waals surface area contributed by atoms with E-state index in [0.717, 1.165) is 32.1 Å². The third kappa shape index (κ3) is 3.49. The highest BCUT2D eigenvalue weighted by atomic mass is 32.2. The predicted octanol–water partition coefficient (Wildman–Crippen LogP) is 6.42. The van der Waals surface area contributed by atoms with E-state index in [1.54, 1.807) is 18.7 Å². The molecular formula is C24H22N2O2S2. The van der Waals surface area contributed by atoms with E-state index in [9.17, 15) is 10.1 Å². The van der Waals surface area contributed by atoms with E-state index in [1.165, 1.54) is 22.5 Å². The molecule has 0 unspecified atom stereocenters. The van der Waals surface area contributed by atoms with Crippen LogP contribution in [0.3, 0.4) is 0 Å². The highest BCUT2D eigenvalue weighted by Crippen LogP contribution is 2.44. The summed E-state index contributed by atoms with van der Waals surface area (Å²) in [6.07, 6.45) is 2.04. The first kappa shape index (κ1) is 20.5. The van der Waals surface area contributed by atoms with Gasteiger partial charge in [0, 0.05) is 17.3 Å². The van der Waals surface area contributed by atoms with Crippen LogP contribution in [-0.4, -0.2) is 17.0 Å². The summed E-state index contributed by atoms with van der Waals surface area (Å²) in [5.74, 6) is 0.425. The quantitative estimate of drug-likeness (QED) is 0.269. The van der Waals surface area contributed by atoms with E-state index in [-0.39, 0.29) is 5.97 Å². The van der Waals surface area contributed by atoms with Gasteiger partial charge in [-0.05, 0) is 44.4 Å². The van der Waals surface area contributed by atoms with Crippen LogP contribution in [0.25, 0.3) is 16.4 Å². The first-order valence-electron chi connectivity index (χ1n) is 9.78. The Hall–Kier alpha value is -2.75. The number of carbonyl (C=O) groups is 1. The van der Waals surface area contributed by atoms with Crippen molar-refractivity contribution in [2.75, 3.05) is 6.61 Å². The number of nitrogens with zero attached hydrogens (tertiary/aromatic N) is 2. The Labute approximate surface area is 184 Å². The van der Waals surface area contributed by atoms with Crippen LogP contribution >= 0.6 is 23.1 Å². The Morgan fingerprint density at radius 2 is 1.90 bits per heavy atom. The third-order valence-electron chi connectivity index (χ3n) is 5.04. The van der Waals surface area contributed by atoms with Crippen LogP contribution in [0.15, 0.2) is 40.7 Å². The van der Waals surface area contributed by atoms with Crippen LogP contribution < -0.4 is 0 Å². The number of pyridine rings is 1. The number of thiophene rings is 1. The Morgan fingerprint density at radius 1 is 1.17 bits per heavy atom. The van der Waals surface area contributed by atoms with Crippen LogP contribution in [0.1, 0.15) is 44.4 Å². The maximum Gasteiger partial charge on any atom is 0.341 e. The molecule has 4 nitrogen and oxygen atoms in total. The van der Waals surface area contributed by atoms with Gasteiger partial charge in [-0.2, -0.15) is 5.26 Å². The number of benzene rings is 1. The van der Waals surface area contributed by atoms with Crippen molar-refractivity contribution in [3.63, 3.8) is 0 Å². The van der Waals surface area contributed by atoms with Gasteiger partial charge in [-0.15, -0.1) is 23.1 Å². The average molecular weight is 435 g/mol. The van der Waals surface area contributed by atoms with Crippen LogP contribution in [-0.2, 0) is 10.5 Å². The fourth-order valence-corrected chi connectivity index (χ4v) is 6.10. The molecule has 0 bridgehead atoms. The van der Waals surface area contributed by atoms with E-state index in [1.807, 2.05) is 20.0 Å². The van der Waals surface area contributed by atoms with Gasteiger partial charge < -0.3 is 9.14 Å². The van der Waals surface area contributed by atoms with Crippen molar-refractivity contribution in [1.82, 2.24) is 4.40 Å². The smallest absolute Gasteiger partial charge is 0.341 e. The molecule has 4 rings (SSSR count). The van der Waals surface area contributed by atoms with Crippen molar-refractivity contribution in [2.45, 2.75) is 37.7 Å². The van der Waals surface area contributed by atoms with E-state index < -0.39 is 0 Å². The highest BCUT2D eigenvalue weighted by Gasteiger charge is 2.27. The van der Waals surface area contributed by atoms with Crippen molar-refractivity contribution in [2.24, 2.45) is 0 Å². The van der Waals surface area contributed by atoms with E-state index >= 15 is 0 Å². The van der Waals surface area contributed by atoms with Crippen molar-refractivity contribution < 1.29 is 9.53 Å². The van der Waals surface area contributed by atoms with Gasteiger partial charge in [0.15, 0.2) is 0 Å². The molecule has 0 amide bonds. The van der Waals surface area contributed by atoms with Crippen molar-refractivity contribution in [1.29, 1.82) is 5.26 Å². The fourth-order valence-electron chi connectivity index (χ4n) is 3.78. The van der Waals surface area contributed by atoms with Gasteiger partial charge in [-0.1, -0.05) is 35.9 Å². The number of rotatable bonds is 5. The first-order valence-corrected chi connectivity index (χ1v) is 11.6. The standard InChI is InChI=1S/C24H22N2O2S2/c1-5-28-23(27)20-19-18(11-25)30-24(29-13-17-8-6-14(2)7-9-17)22(19)26-12-15(3)10-16(4)21(20)26/h6-10,12H,5,13H2,1-4H3. The molecular weight excluding hydrogens is 412 g/mol. The molecule has 30 heavy (non-hydrogen) atoms. The van der Waals surface area contributed by atoms with E-state index in [4.69, 9.17) is 4.74 Å². The lowest BCUT2D eigenvalue weighted by Crippen LogP contribution is -2.05. The molecule has 0 aliphatic rings. The molecule has 6 heteroatoms. The molecule has 0 radical (unpaired) electrons. The Bertz CT molecular complexity index is 1310. The zero-order valence-corrected chi connectivity index (χ0v) is 19.0. The van der Waals surface area contributed by atoms with E-state index in [0.29, 0.717) is 22.4 Å². The van der Waals surface area contributed by atoms with Crippen LogP contribution in [0, 0.1) is 32.1 Å². The number of nitriles is 1. The van der Waals surface area contributed by atoms with E-state index in [2.05, 4.69) is 47.7 Å². The number of hydrogen-bond donors (Lipinski definition) is 0. The fraction of sp³-hybridized carbons (Fsp3) is 0.250. The minimum absolute atomic E-state index is 0.295. The van der Waals surface area contributed by atoms with Crippen LogP contribution in [0.4, 0.5) is 0 Å². The minimum atomic E-state index is -0.374. The number of aromatic nitrogens is 1. The zero-order chi connectivity index (χ0) is 21.4. The monoisotopic (exact) mass is 434 g/mol. The second kappa shape index (κ2) is 8.17. The molecule has 0 aliphatic heterocycles. The Kier molecular flexibility index (Phi) is 5.59. The number of fused-ring (bicyclic) bond motifs is 3. The lowest BCUT2D eigenvalue weighted by atomic mass is 10.1. The van der Waals surface area contributed by atoms with Gasteiger partial charge >= 0.3 is 5.97 Å². The minimum Gasteiger partial charge on any atom is -0.462 e. The summed E-state index contributed by atoms with van der Waals surface area (Å²) in [6.45, 7) is 8.21. The molecule has 0 atom stereocenters. The number of hydrogen-bond acceptors (Lipinski definition) is 5. The molecule has 3 heterocycles. The lowest BCUT2D eigenvalue weighted by Gasteiger charge is -2.07. The third-order valence-corrected chi connectivity index (χ3v) is 7.46. The summed E-state index contributed by atoms with van der Waals surface area (Å²) in [7, 11) is 0. The normalized spacial score (nSPS) is 11.2. The summed E-state index contributed by atoms with van der Waals surface area (Å²) in [5.41, 5.74) is 6.81. The molecule has 3 aromatic heterocycles. The molecule has 0 fully saturated rings. The van der Waals surface area contributed by atoms with Crippen LogP contribution in [0.2, 0.25) is 0 Å². The maximum atomic E-state index is 12.9. The van der Waals surface area contributed by atoms with Crippen molar-refractivity contribution in [3.05, 3.63) is 69.2 Å². The van der Waals surface area contributed by atoms with Gasteiger partial charge in [0.1, 0.15) is 10.9 Å². The van der Waals surface area contributed by atoms with Gasteiger partial charge in [-0.3, -0.25) is 0 Å². The number of ether oxygens (including phenoxy) is 1. The Morgan fingerprint density at radius 3 is 2.57 bits per heavy atom. The number of thioether (sulfide) groups is 1. The molecule has 0 saturated heterocycles. The average Bonchev–Trinajstić information content (AvgIpc) is 3.23. The highest BCUT2D eigenvalue weighted by molar-refractivity contribution is 8.00. The second-order valence-corrected chi connectivity index (χ2v) is 9.61. The Balaban J connectivity index is 1.94. The predicted molar refractivity (Wildman–Crippen MR) is 124 cm³/mol. The number of esters is 1. The zero-order valence-electron chi connectivity index (χ0n) is 17.4. The molecule has 0 N–H and O–H groups in total. The maximum absolute atomic E-state index is 12.9. The van der Waals surface area contributed by atoms with Gasteiger partial charge in [0.2, 0.25) is 0 Å². The second-order valence-electron chi connectivity index (χ2n) is 7.34. The molecule has 0 saturated carbocycles. The lowest BCUT2D eigenvalue weighted by molar-refractivity contribution is 0.0531. The summed E-state index contributed by atoms with van der Waals surface area (Å²) in [4.78, 5) is 13.5. The van der Waals surface area contributed by atoms with Gasteiger partial charge in [0.05, 0.1) is 27.4 Å².